The van der Waals surface area contributed by atoms with Gasteiger partial charge < -0.3 is 9.64 Å². The van der Waals surface area contributed by atoms with E-state index in [1.54, 1.807) is 6.07 Å². The highest BCUT2D eigenvalue weighted by Gasteiger charge is 2.35. The van der Waals surface area contributed by atoms with Crippen molar-refractivity contribution in [1.82, 2.24) is 15.0 Å². The lowest BCUT2D eigenvalue weighted by atomic mass is 10.1. The molecule has 0 radical (unpaired) electrons. The molecule has 1 unspecified atom stereocenters. The van der Waals surface area contributed by atoms with Crippen LogP contribution in [0.15, 0.2) is 24.5 Å². The lowest BCUT2D eigenvalue weighted by Crippen LogP contribution is -2.44. The summed E-state index contributed by atoms with van der Waals surface area (Å²) in [6, 6.07) is 2.74. The van der Waals surface area contributed by atoms with Crippen molar-refractivity contribution in [2.75, 3.05) is 24.7 Å². The second kappa shape index (κ2) is 6.50. The summed E-state index contributed by atoms with van der Waals surface area (Å²) in [5.74, 6) is 0.773. The Morgan fingerprint density at radius 2 is 2.04 bits per heavy atom. The molecule has 0 aromatic carbocycles. The second-order valence-corrected chi connectivity index (χ2v) is 6.79. The summed E-state index contributed by atoms with van der Waals surface area (Å²) in [7, 11) is 0. The topological polar surface area (TPSA) is 51.1 Å². The van der Waals surface area contributed by atoms with Crippen molar-refractivity contribution in [3.63, 3.8) is 0 Å². The van der Waals surface area contributed by atoms with Gasteiger partial charge in [0.2, 0.25) is 5.95 Å². The zero-order valence-electron chi connectivity index (χ0n) is 14.3. The third-order valence-corrected chi connectivity index (χ3v) is 4.76. The van der Waals surface area contributed by atoms with Crippen LogP contribution in [0.3, 0.4) is 0 Å². The SMILES string of the molecule is CC1COCCN1c1nc(-c2cnccc2C(F)(F)F)cc(C2CC2)n1. The average Bonchev–Trinajstić information content (AvgIpc) is 3.46. The van der Waals surface area contributed by atoms with Gasteiger partial charge in [0.05, 0.1) is 30.5 Å². The average molecular weight is 364 g/mol. The first-order valence-corrected chi connectivity index (χ1v) is 8.68. The summed E-state index contributed by atoms with van der Waals surface area (Å²) >= 11 is 0. The fourth-order valence-electron chi connectivity index (χ4n) is 3.18. The molecule has 1 saturated carbocycles. The second-order valence-electron chi connectivity index (χ2n) is 6.79. The van der Waals surface area contributed by atoms with E-state index < -0.39 is 11.7 Å². The number of nitrogens with zero attached hydrogens (tertiary/aromatic N) is 4. The van der Waals surface area contributed by atoms with Crippen LogP contribution in [0.1, 0.15) is 36.9 Å². The summed E-state index contributed by atoms with van der Waals surface area (Å²) < 4.78 is 45.7. The zero-order valence-corrected chi connectivity index (χ0v) is 14.3. The standard InChI is InChI=1S/C18H19F3N4O/c1-11-10-26-7-6-25(11)17-23-15(12-2-3-12)8-16(24-17)13-9-22-5-4-14(13)18(19,20)21/h4-5,8-9,11-12H,2-3,6-7,10H2,1H3. The molecular formula is C18H19F3N4O. The molecule has 2 aromatic rings. The van der Waals surface area contributed by atoms with E-state index in [0.717, 1.165) is 30.8 Å². The molecule has 0 bridgehead atoms. The molecule has 1 saturated heterocycles. The first-order chi connectivity index (χ1) is 12.4. The molecule has 4 rings (SSSR count). The van der Waals surface area contributed by atoms with Crippen molar-refractivity contribution in [3.8, 4) is 11.3 Å². The van der Waals surface area contributed by atoms with Gasteiger partial charge in [-0.25, -0.2) is 9.97 Å². The van der Waals surface area contributed by atoms with Crippen molar-refractivity contribution in [3.05, 3.63) is 35.8 Å². The molecule has 0 amide bonds. The Hall–Kier alpha value is -2.22. The predicted molar refractivity (Wildman–Crippen MR) is 89.9 cm³/mol. The summed E-state index contributed by atoms with van der Waals surface area (Å²) in [6.07, 6.45) is -0.0640. The van der Waals surface area contributed by atoms with E-state index in [4.69, 9.17) is 4.74 Å². The van der Waals surface area contributed by atoms with Gasteiger partial charge in [-0.15, -0.1) is 0 Å². The van der Waals surface area contributed by atoms with Crippen LogP contribution < -0.4 is 4.90 Å². The normalized spacial score (nSPS) is 21.1. The van der Waals surface area contributed by atoms with Crippen LogP contribution in [-0.4, -0.2) is 40.8 Å². The van der Waals surface area contributed by atoms with Gasteiger partial charge in [-0.05, 0) is 31.9 Å². The van der Waals surface area contributed by atoms with Gasteiger partial charge in [0.25, 0.3) is 0 Å². The first-order valence-electron chi connectivity index (χ1n) is 8.68. The number of ether oxygens (including phenoxy) is 1. The fraction of sp³-hybridized carbons (Fsp3) is 0.500. The van der Waals surface area contributed by atoms with E-state index >= 15 is 0 Å². The molecule has 2 aliphatic rings. The number of morpholine rings is 1. The van der Waals surface area contributed by atoms with E-state index in [0.29, 0.717) is 31.6 Å². The maximum atomic E-state index is 13.4. The number of halogens is 3. The van der Waals surface area contributed by atoms with Gasteiger partial charge in [0.15, 0.2) is 0 Å². The minimum absolute atomic E-state index is 0.00791. The van der Waals surface area contributed by atoms with Gasteiger partial charge in [0.1, 0.15) is 0 Å². The van der Waals surface area contributed by atoms with Gasteiger partial charge in [0, 0.05) is 36.1 Å². The largest absolute Gasteiger partial charge is 0.417 e. The van der Waals surface area contributed by atoms with Crippen LogP contribution in [0.5, 0.6) is 0 Å². The summed E-state index contributed by atoms with van der Waals surface area (Å²) in [5.41, 5.74) is 0.345. The van der Waals surface area contributed by atoms with Gasteiger partial charge in [-0.2, -0.15) is 13.2 Å². The molecule has 26 heavy (non-hydrogen) atoms. The summed E-state index contributed by atoms with van der Waals surface area (Å²) in [5, 5.41) is 0. The number of alkyl halides is 3. The van der Waals surface area contributed by atoms with Crippen LogP contribution >= 0.6 is 0 Å². The molecule has 2 aromatic heterocycles. The maximum absolute atomic E-state index is 13.4. The maximum Gasteiger partial charge on any atom is 0.417 e. The minimum atomic E-state index is -4.46. The molecule has 1 atom stereocenters. The number of anilines is 1. The number of hydrogen-bond acceptors (Lipinski definition) is 5. The zero-order chi connectivity index (χ0) is 18.3. The van der Waals surface area contributed by atoms with Crippen LogP contribution in [-0.2, 0) is 10.9 Å². The van der Waals surface area contributed by atoms with E-state index in [2.05, 4.69) is 15.0 Å². The van der Waals surface area contributed by atoms with Gasteiger partial charge in [-0.3, -0.25) is 4.98 Å². The molecule has 8 heteroatoms. The molecule has 3 heterocycles. The molecule has 1 aliphatic heterocycles. The van der Waals surface area contributed by atoms with E-state index in [1.165, 1.54) is 6.20 Å². The number of pyridine rings is 1. The Morgan fingerprint density at radius 3 is 2.73 bits per heavy atom. The Kier molecular flexibility index (Phi) is 4.30. The Labute approximate surface area is 149 Å². The Balaban J connectivity index is 1.82. The predicted octanol–water partition coefficient (Wildman–Crippen LogP) is 3.66. The lowest BCUT2D eigenvalue weighted by molar-refractivity contribution is -0.137. The van der Waals surface area contributed by atoms with Crippen molar-refractivity contribution < 1.29 is 17.9 Å². The number of hydrogen-bond donors (Lipinski definition) is 0. The highest BCUT2D eigenvalue weighted by molar-refractivity contribution is 5.65. The van der Waals surface area contributed by atoms with Crippen molar-refractivity contribution >= 4 is 5.95 Å². The first kappa shape index (κ1) is 17.2. The van der Waals surface area contributed by atoms with E-state index in [9.17, 15) is 13.2 Å². The van der Waals surface area contributed by atoms with E-state index in [-0.39, 0.29) is 17.3 Å². The lowest BCUT2D eigenvalue weighted by Gasteiger charge is -2.33. The third-order valence-electron chi connectivity index (χ3n) is 4.76. The molecule has 138 valence electrons. The van der Waals surface area contributed by atoms with Crippen LogP contribution in [0, 0.1) is 0 Å². The van der Waals surface area contributed by atoms with Crippen molar-refractivity contribution in [1.29, 1.82) is 0 Å². The summed E-state index contributed by atoms with van der Waals surface area (Å²) in [6.45, 7) is 3.72. The van der Waals surface area contributed by atoms with Crippen LogP contribution in [0.25, 0.3) is 11.3 Å². The molecule has 2 fully saturated rings. The Bertz CT molecular complexity index is 807. The fourth-order valence-corrected chi connectivity index (χ4v) is 3.18. The van der Waals surface area contributed by atoms with E-state index in [1.807, 2.05) is 11.8 Å². The highest BCUT2D eigenvalue weighted by atomic mass is 19.4. The molecule has 0 spiro atoms. The van der Waals surface area contributed by atoms with Crippen molar-refractivity contribution in [2.24, 2.45) is 0 Å². The molecular weight excluding hydrogens is 345 g/mol. The smallest absolute Gasteiger partial charge is 0.377 e. The molecule has 5 nitrogen and oxygen atoms in total. The Morgan fingerprint density at radius 1 is 1.23 bits per heavy atom. The monoisotopic (exact) mass is 364 g/mol. The third kappa shape index (κ3) is 3.38. The molecule has 1 aliphatic carbocycles. The van der Waals surface area contributed by atoms with Crippen molar-refractivity contribution in [2.45, 2.75) is 37.9 Å². The van der Waals surface area contributed by atoms with Crippen LogP contribution in [0.2, 0.25) is 0 Å². The molecule has 0 N–H and O–H groups in total. The highest BCUT2D eigenvalue weighted by Crippen LogP contribution is 2.42. The summed E-state index contributed by atoms with van der Waals surface area (Å²) in [4.78, 5) is 15.0. The number of aromatic nitrogens is 3. The number of rotatable bonds is 3. The quantitative estimate of drug-likeness (QED) is 0.832. The van der Waals surface area contributed by atoms with Crippen LogP contribution in [0.4, 0.5) is 19.1 Å². The minimum Gasteiger partial charge on any atom is -0.377 e. The van der Waals surface area contributed by atoms with Gasteiger partial charge >= 0.3 is 6.18 Å². The van der Waals surface area contributed by atoms with Gasteiger partial charge in [-0.1, -0.05) is 0 Å².